The molecule has 1 rings (SSSR count). The molecule has 0 radical (unpaired) electrons. The Hall–Kier alpha value is -0.770. The van der Waals surface area contributed by atoms with Crippen LogP contribution in [0, 0.1) is 11.6 Å². The zero-order chi connectivity index (χ0) is 9.30. The number of alkyl halides is 2. The third kappa shape index (κ3) is 1.69. The lowest BCUT2D eigenvalue weighted by molar-refractivity contribution is 0.150. The molecular formula is C7H3ClF4. The number of halogens is 5. The number of benzene rings is 1. The van der Waals surface area contributed by atoms with Crippen molar-refractivity contribution in [3.8, 4) is 0 Å². The van der Waals surface area contributed by atoms with Gasteiger partial charge in [0.2, 0.25) is 0 Å². The van der Waals surface area contributed by atoms with Gasteiger partial charge in [0.25, 0.3) is 6.43 Å². The van der Waals surface area contributed by atoms with Gasteiger partial charge in [0.1, 0.15) is 11.6 Å². The Bertz CT molecular complexity index is 298. The fourth-order valence-electron chi connectivity index (χ4n) is 0.735. The fourth-order valence-corrected chi connectivity index (χ4v) is 0.926. The smallest absolute Gasteiger partial charge is 0.207 e. The molecule has 0 aliphatic rings. The predicted octanol–water partition coefficient (Wildman–Crippen LogP) is 3.56. The van der Waals surface area contributed by atoms with E-state index in [9.17, 15) is 17.6 Å². The second-order valence-corrected chi connectivity index (χ2v) is 2.47. The Balaban J connectivity index is 3.28. The molecule has 1 aromatic carbocycles. The van der Waals surface area contributed by atoms with Crippen molar-refractivity contribution < 1.29 is 17.6 Å². The quantitative estimate of drug-likeness (QED) is 0.478. The highest BCUT2D eigenvalue weighted by molar-refractivity contribution is 6.31. The number of rotatable bonds is 1. The van der Waals surface area contributed by atoms with Crippen LogP contribution in [0.3, 0.4) is 0 Å². The molecule has 66 valence electrons. The highest BCUT2D eigenvalue weighted by Crippen LogP contribution is 2.29. The molecular weight excluding hydrogens is 196 g/mol. The van der Waals surface area contributed by atoms with Crippen molar-refractivity contribution in [1.82, 2.24) is 0 Å². The molecule has 0 heterocycles. The van der Waals surface area contributed by atoms with Gasteiger partial charge >= 0.3 is 0 Å². The van der Waals surface area contributed by atoms with Crippen LogP contribution in [0.25, 0.3) is 0 Å². The molecule has 0 aromatic heterocycles. The van der Waals surface area contributed by atoms with Crippen molar-refractivity contribution in [2.75, 3.05) is 0 Å². The molecule has 12 heavy (non-hydrogen) atoms. The lowest BCUT2D eigenvalue weighted by atomic mass is 10.2. The summed E-state index contributed by atoms with van der Waals surface area (Å²) in [6, 6.07) is 0.963. The van der Waals surface area contributed by atoms with Gasteiger partial charge in [-0.2, -0.15) is 0 Å². The Kier molecular flexibility index (Phi) is 2.57. The van der Waals surface area contributed by atoms with Gasteiger partial charge in [0.05, 0.1) is 5.02 Å². The van der Waals surface area contributed by atoms with Gasteiger partial charge in [-0.1, -0.05) is 11.6 Å². The minimum Gasteiger partial charge on any atom is -0.207 e. The van der Waals surface area contributed by atoms with Gasteiger partial charge < -0.3 is 0 Å². The molecule has 5 heteroatoms. The topological polar surface area (TPSA) is 0 Å². The van der Waals surface area contributed by atoms with Crippen molar-refractivity contribution in [1.29, 1.82) is 0 Å². The minimum atomic E-state index is -2.97. The Labute approximate surface area is 70.8 Å². The highest BCUT2D eigenvalue weighted by Gasteiger charge is 2.16. The molecule has 0 saturated heterocycles. The largest absolute Gasteiger partial charge is 0.265 e. The van der Waals surface area contributed by atoms with Crippen LogP contribution in [-0.2, 0) is 0 Å². The molecule has 0 bridgehead atoms. The monoisotopic (exact) mass is 198 g/mol. The van der Waals surface area contributed by atoms with E-state index in [4.69, 9.17) is 11.6 Å². The van der Waals surface area contributed by atoms with Crippen molar-refractivity contribution in [3.63, 3.8) is 0 Å². The standard InChI is InChI=1S/C7H3ClF4/c8-6-4(7(11)12)1-3(9)2-5(6)10/h1-2,7H. The zero-order valence-corrected chi connectivity index (χ0v) is 6.38. The summed E-state index contributed by atoms with van der Waals surface area (Å²) in [6.45, 7) is 0. The SMILES string of the molecule is Fc1cc(F)c(Cl)c(C(F)F)c1. The normalized spacial score (nSPS) is 10.8. The molecule has 0 aliphatic heterocycles. The van der Waals surface area contributed by atoms with E-state index in [0.717, 1.165) is 0 Å². The lowest BCUT2D eigenvalue weighted by Gasteiger charge is -2.03. The first-order valence-electron chi connectivity index (χ1n) is 2.95. The van der Waals surface area contributed by atoms with E-state index in [1.807, 2.05) is 0 Å². The minimum absolute atomic E-state index is 0.453. The lowest BCUT2D eigenvalue weighted by Crippen LogP contribution is -1.91. The third-order valence-electron chi connectivity index (χ3n) is 1.26. The first kappa shape index (κ1) is 9.32. The Morgan fingerprint density at radius 1 is 1.17 bits per heavy atom. The van der Waals surface area contributed by atoms with Crippen LogP contribution in [0.4, 0.5) is 17.6 Å². The van der Waals surface area contributed by atoms with Crippen LogP contribution in [0.1, 0.15) is 12.0 Å². The van der Waals surface area contributed by atoms with Crippen LogP contribution >= 0.6 is 11.6 Å². The second-order valence-electron chi connectivity index (χ2n) is 2.09. The summed E-state index contributed by atoms with van der Waals surface area (Å²) < 4.78 is 48.8. The van der Waals surface area contributed by atoms with Crippen molar-refractivity contribution in [3.05, 3.63) is 34.4 Å². The van der Waals surface area contributed by atoms with E-state index < -0.39 is 28.6 Å². The molecule has 0 spiro atoms. The summed E-state index contributed by atoms with van der Waals surface area (Å²) in [5.74, 6) is -2.24. The van der Waals surface area contributed by atoms with Gasteiger partial charge in [-0.3, -0.25) is 0 Å². The molecule has 0 N–H and O–H groups in total. The van der Waals surface area contributed by atoms with Crippen LogP contribution in [-0.4, -0.2) is 0 Å². The average Bonchev–Trinajstić information content (AvgIpc) is 1.96. The Morgan fingerprint density at radius 2 is 1.75 bits per heavy atom. The average molecular weight is 199 g/mol. The van der Waals surface area contributed by atoms with E-state index in [1.54, 1.807) is 0 Å². The van der Waals surface area contributed by atoms with Crippen molar-refractivity contribution in [2.45, 2.75) is 6.43 Å². The predicted molar refractivity (Wildman–Crippen MR) is 36.3 cm³/mol. The Morgan fingerprint density at radius 3 is 2.25 bits per heavy atom. The first-order chi connectivity index (χ1) is 5.52. The van der Waals surface area contributed by atoms with Crippen molar-refractivity contribution >= 4 is 11.6 Å². The van der Waals surface area contributed by atoms with Gasteiger partial charge in [0.15, 0.2) is 0 Å². The van der Waals surface area contributed by atoms with Gasteiger partial charge in [-0.25, -0.2) is 17.6 Å². The first-order valence-corrected chi connectivity index (χ1v) is 3.32. The summed E-state index contributed by atoms with van der Waals surface area (Å²) in [4.78, 5) is 0. The summed E-state index contributed by atoms with van der Waals surface area (Å²) in [7, 11) is 0. The molecule has 0 atom stereocenters. The van der Waals surface area contributed by atoms with E-state index in [-0.39, 0.29) is 0 Å². The van der Waals surface area contributed by atoms with Crippen LogP contribution < -0.4 is 0 Å². The van der Waals surface area contributed by atoms with E-state index >= 15 is 0 Å². The zero-order valence-electron chi connectivity index (χ0n) is 5.62. The summed E-state index contributed by atoms with van der Waals surface area (Å²) in [6.07, 6.45) is -2.97. The fraction of sp³-hybridized carbons (Fsp3) is 0.143. The van der Waals surface area contributed by atoms with Crippen molar-refractivity contribution in [2.24, 2.45) is 0 Å². The van der Waals surface area contributed by atoms with Crippen LogP contribution in [0.15, 0.2) is 12.1 Å². The molecule has 1 aromatic rings. The van der Waals surface area contributed by atoms with Gasteiger partial charge in [-0.05, 0) is 6.07 Å². The highest BCUT2D eigenvalue weighted by atomic mass is 35.5. The van der Waals surface area contributed by atoms with Crippen LogP contribution in [0.5, 0.6) is 0 Å². The molecule has 0 nitrogen and oxygen atoms in total. The molecule has 0 unspecified atom stereocenters. The number of hydrogen-bond acceptors (Lipinski definition) is 0. The molecule has 0 amide bonds. The maximum Gasteiger partial charge on any atom is 0.265 e. The molecule has 0 fully saturated rings. The van der Waals surface area contributed by atoms with E-state index in [0.29, 0.717) is 12.1 Å². The maximum atomic E-state index is 12.5. The maximum absolute atomic E-state index is 12.5. The van der Waals surface area contributed by atoms with E-state index in [2.05, 4.69) is 0 Å². The molecule has 0 saturated carbocycles. The number of hydrogen-bond donors (Lipinski definition) is 0. The summed E-state index contributed by atoms with van der Waals surface area (Å²) >= 11 is 5.14. The second kappa shape index (κ2) is 3.31. The summed E-state index contributed by atoms with van der Waals surface area (Å²) in [5.41, 5.74) is -0.825. The molecule has 0 aliphatic carbocycles. The van der Waals surface area contributed by atoms with E-state index in [1.165, 1.54) is 0 Å². The third-order valence-corrected chi connectivity index (χ3v) is 1.65. The van der Waals surface area contributed by atoms with Crippen LogP contribution in [0.2, 0.25) is 5.02 Å². The van der Waals surface area contributed by atoms with Gasteiger partial charge in [-0.15, -0.1) is 0 Å². The summed E-state index contributed by atoms with van der Waals surface area (Å²) in [5, 5.41) is -0.730. The van der Waals surface area contributed by atoms with Gasteiger partial charge in [0, 0.05) is 11.6 Å².